The van der Waals surface area contributed by atoms with Gasteiger partial charge in [-0.3, -0.25) is 0 Å². The van der Waals surface area contributed by atoms with E-state index < -0.39 is 9.84 Å². The quantitative estimate of drug-likeness (QED) is 0.658. The van der Waals surface area contributed by atoms with Crippen molar-refractivity contribution in [1.82, 2.24) is 14.8 Å². The minimum Gasteiger partial charge on any atom is -0.314 e. The molecule has 1 atom stereocenters. The highest BCUT2D eigenvalue weighted by Crippen LogP contribution is 2.19. The summed E-state index contributed by atoms with van der Waals surface area (Å²) in [7, 11) is -2.94. The van der Waals surface area contributed by atoms with Crippen LogP contribution in [0.15, 0.2) is 0 Å². The Labute approximate surface area is 83.1 Å². The first-order chi connectivity index (χ1) is 6.48. The molecule has 14 heavy (non-hydrogen) atoms. The van der Waals surface area contributed by atoms with Gasteiger partial charge in [0.2, 0.25) is 0 Å². The minimum absolute atomic E-state index is 0.273. The predicted octanol–water partition coefficient (Wildman–Crippen LogP) is -0.0541. The zero-order valence-corrected chi connectivity index (χ0v) is 9.08. The lowest BCUT2D eigenvalue weighted by atomic mass is 10.1. The first-order valence-corrected chi connectivity index (χ1v) is 6.51. The van der Waals surface area contributed by atoms with Gasteiger partial charge in [-0.05, 0) is 13.3 Å². The predicted molar refractivity (Wildman–Crippen MR) is 51.7 cm³/mol. The second-order valence-electron chi connectivity index (χ2n) is 3.76. The largest absolute Gasteiger partial charge is 0.314 e. The van der Waals surface area contributed by atoms with Gasteiger partial charge in [0.1, 0.15) is 11.6 Å². The molecule has 0 spiro atoms. The summed E-state index contributed by atoms with van der Waals surface area (Å²) < 4.78 is 24.6. The summed E-state index contributed by atoms with van der Waals surface area (Å²) in [5.74, 6) is 1.70. The fourth-order valence-electron chi connectivity index (χ4n) is 1.78. The molecule has 0 saturated heterocycles. The van der Waals surface area contributed by atoms with Crippen molar-refractivity contribution in [2.75, 3.05) is 6.26 Å². The van der Waals surface area contributed by atoms with Crippen LogP contribution in [0, 0.1) is 6.92 Å². The van der Waals surface area contributed by atoms with Crippen molar-refractivity contribution in [3.63, 3.8) is 0 Å². The van der Waals surface area contributed by atoms with E-state index in [4.69, 9.17) is 0 Å². The molecule has 1 aromatic rings. The fourth-order valence-corrected chi connectivity index (χ4v) is 2.75. The molecule has 78 valence electrons. The molecule has 6 heteroatoms. The van der Waals surface area contributed by atoms with Gasteiger partial charge in [-0.1, -0.05) is 0 Å². The number of rotatable bonds is 1. The fraction of sp³-hybridized carbons (Fsp3) is 0.750. The maximum atomic E-state index is 11.4. The summed E-state index contributed by atoms with van der Waals surface area (Å²) >= 11 is 0. The summed E-state index contributed by atoms with van der Waals surface area (Å²) in [4.78, 5) is 0. The number of aromatic nitrogens is 3. The third kappa shape index (κ3) is 1.54. The number of nitrogens with zero attached hydrogens (tertiary/aromatic N) is 3. The lowest BCUT2D eigenvalue weighted by molar-refractivity contribution is 0.493. The first kappa shape index (κ1) is 9.64. The van der Waals surface area contributed by atoms with E-state index >= 15 is 0 Å². The molecule has 1 unspecified atom stereocenters. The minimum atomic E-state index is -2.94. The van der Waals surface area contributed by atoms with Crippen LogP contribution < -0.4 is 0 Å². The Hall–Kier alpha value is -0.910. The van der Waals surface area contributed by atoms with Crippen molar-refractivity contribution in [3.8, 4) is 0 Å². The Morgan fingerprint density at radius 1 is 1.43 bits per heavy atom. The van der Waals surface area contributed by atoms with Gasteiger partial charge in [0.15, 0.2) is 9.84 Å². The summed E-state index contributed by atoms with van der Waals surface area (Å²) in [5.41, 5.74) is 0. The van der Waals surface area contributed by atoms with E-state index in [2.05, 4.69) is 10.2 Å². The van der Waals surface area contributed by atoms with E-state index in [0.29, 0.717) is 19.4 Å². The monoisotopic (exact) mass is 215 g/mol. The summed E-state index contributed by atoms with van der Waals surface area (Å²) in [5, 5.41) is 7.65. The van der Waals surface area contributed by atoms with E-state index in [1.807, 2.05) is 11.5 Å². The second-order valence-corrected chi connectivity index (χ2v) is 6.09. The molecule has 0 N–H and O–H groups in total. The zero-order chi connectivity index (χ0) is 10.3. The lowest BCUT2D eigenvalue weighted by Crippen LogP contribution is -2.31. The van der Waals surface area contributed by atoms with E-state index in [0.717, 1.165) is 11.6 Å². The standard InChI is InChI=1S/C8H13N3O2S/c1-6-9-10-8-4-3-7(5-11(6)8)14(2,12)13/h7H,3-5H2,1-2H3. The number of hydrogen-bond acceptors (Lipinski definition) is 4. The highest BCUT2D eigenvalue weighted by atomic mass is 32.2. The number of aryl methyl sites for hydroxylation is 2. The molecule has 0 aliphatic carbocycles. The molecule has 0 amide bonds. The zero-order valence-electron chi connectivity index (χ0n) is 8.27. The molecule has 1 aromatic heterocycles. The molecule has 5 nitrogen and oxygen atoms in total. The SMILES string of the molecule is Cc1nnc2n1CC(S(C)(=O)=O)CC2. The van der Waals surface area contributed by atoms with Gasteiger partial charge in [0.25, 0.3) is 0 Å². The molecule has 2 rings (SSSR count). The maximum absolute atomic E-state index is 11.4. The van der Waals surface area contributed by atoms with E-state index in [1.54, 1.807) is 0 Å². The number of sulfone groups is 1. The van der Waals surface area contributed by atoms with Crippen LogP contribution in [0.2, 0.25) is 0 Å². The van der Waals surface area contributed by atoms with Crippen molar-refractivity contribution in [1.29, 1.82) is 0 Å². The Bertz CT molecular complexity index is 449. The van der Waals surface area contributed by atoms with Gasteiger partial charge in [-0.15, -0.1) is 10.2 Å². The van der Waals surface area contributed by atoms with Gasteiger partial charge in [-0.2, -0.15) is 0 Å². The first-order valence-electron chi connectivity index (χ1n) is 4.56. The Balaban J connectivity index is 2.33. The van der Waals surface area contributed by atoms with Crippen LogP contribution in [0.25, 0.3) is 0 Å². The van der Waals surface area contributed by atoms with Crippen molar-refractivity contribution in [3.05, 3.63) is 11.6 Å². The average molecular weight is 215 g/mol. The average Bonchev–Trinajstić information content (AvgIpc) is 2.46. The molecule has 0 radical (unpaired) electrons. The molecule has 0 aromatic carbocycles. The highest BCUT2D eigenvalue weighted by molar-refractivity contribution is 7.91. The van der Waals surface area contributed by atoms with Crippen LogP contribution >= 0.6 is 0 Å². The maximum Gasteiger partial charge on any atom is 0.152 e. The topological polar surface area (TPSA) is 64.8 Å². The van der Waals surface area contributed by atoms with Crippen molar-refractivity contribution < 1.29 is 8.42 Å². The van der Waals surface area contributed by atoms with Crippen molar-refractivity contribution in [2.24, 2.45) is 0 Å². The molecule has 0 saturated carbocycles. The van der Waals surface area contributed by atoms with Crippen LogP contribution in [0.4, 0.5) is 0 Å². The number of fused-ring (bicyclic) bond motifs is 1. The molecule has 0 fully saturated rings. The van der Waals surface area contributed by atoms with Crippen LogP contribution in [0.5, 0.6) is 0 Å². The lowest BCUT2D eigenvalue weighted by Gasteiger charge is -2.22. The van der Waals surface area contributed by atoms with E-state index in [1.165, 1.54) is 6.26 Å². The summed E-state index contributed by atoms with van der Waals surface area (Å²) in [6, 6.07) is 0. The van der Waals surface area contributed by atoms with Crippen LogP contribution in [0.3, 0.4) is 0 Å². The summed E-state index contributed by atoms with van der Waals surface area (Å²) in [6.07, 6.45) is 2.66. The molecule has 2 heterocycles. The van der Waals surface area contributed by atoms with Gasteiger partial charge in [0, 0.05) is 19.2 Å². The van der Waals surface area contributed by atoms with Gasteiger partial charge in [-0.25, -0.2) is 8.42 Å². The molecular weight excluding hydrogens is 202 g/mol. The third-order valence-corrected chi connectivity index (χ3v) is 4.29. The van der Waals surface area contributed by atoms with Crippen molar-refractivity contribution >= 4 is 9.84 Å². The van der Waals surface area contributed by atoms with Gasteiger partial charge >= 0.3 is 0 Å². The van der Waals surface area contributed by atoms with Crippen LogP contribution in [-0.4, -0.2) is 34.7 Å². The Morgan fingerprint density at radius 3 is 2.79 bits per heavy atom. The van der Waals surface area contributed by atoms with Gasteiger partial charge < -0.3 is 4.57 Å². The normalized spacial score (nSPS) is 22.0. The Kier molecular flexibility index (Phi) is 2.10. The van der Waals surface area contributed by atoms with E-state index in [-0.39, 0.29) is 5.25 Å². The summed E-state index contributed by atoms with van der Waals surface area (Å²) in [6.45, 7) is 2.36. The second kappa shape index (κ2) is 3.05. The molecule has 1 aliphatic rings. The van der Waals surface area contributed by atoms with Crippen molar-refractivity contribution in [2.45, 2.75) is 31.6 Å². The number of hydrogen-bond donors (Lipinski definition) is 0. The third-order valence-electron chi connectivity index (χ3n) is 2.69. The van der Waals surface area contributed by atoms with Crippen LogP contribution in [-0.2, 0) is 22.8 Å². The van der Waals surface area contributed by atoms with E-state index in [9.17, 15) is 8.42 Å². The smallest absolute Gasteiger partial charge is 0.152 e. The molecule has 0 bridgehead atoms. The highest BCUT2D eigenvalue weighted by Gasteiger charge is 2.28. The van der Waals surface area contributed by atoms with Crippen LogP contribution in [0.1, 0.15) is 18.1 Å². The molecular formula is C8H13N3O2S. The molecule has 1 aliphatic heterocycles. The van der Waals surface area contributed by atoms with Gasteiger partial charge in [0.05, 0.1) is 5.25 Å². The Morgan fingerprint density at radius 2 is 2.14 bits per heavy atom.